The lowest BCUT2D eigenvalue weighted by molar-refractivity contribution is 0.0731. The predicted molar refractivity (Wildman–Crippen MR) is 327 cm³/mol. The largest absolute Gasteiger partial charge is 0.508 e. The van der Waals surface area contributed by atoms with E-state index >= 15 is 0 Å². The van der Waals surface area contributed by atoms with Crippen molar-refractivity contribution in [2.75, 3.05) is 19.6 Å². The van der Waals surface area contributed by atoms with Crippen molar-refractivity contribution in [3.8, 4) is 23.0 Å². The summed E-state index contributed by atoms with van der Waals surface area (Å²) in [6.45, 7) is 14.3. The number of halogens is 1. The molecule has 0 amide bonds. The van der Waals surface area contributed by atoms with Gasteiger partial charge in [-0.25, -0.2) is 4.79 Å². The Balaban J connectivity index is 0.000000148. The van der Waals surface area contributed by atoms with Gasteiger partial charge in [0.25, 0.3) is 5.24 Å². The maximum atomic E-state index is 13.2. The fraction of sp³-hybridized carbons (Fsp3) is 0.250. The summed E-state index contributed by atoms with van der Waals surface area (Å²) in [5.74, 6) is 1.34. The van der Waals surface area contributed by atoms with Crippen LogP contribution in [0.1, 0.15) is 145 Å². The number of carbonyl (C=O) groups is 2. The quantitative estimate of drug-likeness (QED) is 0.0542. The zero-order valence-electron chi connectivity index (χ0n) is 46.6. The van der Waals surface area contributed by atoms with Crippen molar-refractivity contribution in [1.82, 2.24) is 4.90 Å². The number of nitrogens with zero attached hydrogens (tertiary/aromatic N) is 1. The molecule has 0 radical (unpaired) electrons. The number of hydrogen-bond acceptors (Lipinski definition) is 7. The van der Waals surface area contributed by atoms with Crippen LogP contribution in [0.4, 0.5) is 0 Å². The molecule has 8 heteroatoms. The molecule has 8 aromatic carbocycles. The van der Waals surface area contributed by atoms with E-state index in [4.69, 9.17) is 16.3 Å². The lowest BCUT2D eigenvalue weighted by Gasteiger charge is -2.28. The van der Waals surface area contributed by atoms with Gasteiger partial charge in [-0.2, -0.15) is 0 Å². The summed E-state index contributed by atoms with van der Waals surface area (Å²) in [5.41, 5.74) is 16.4. The molecule has 12 rings (SSSR count). The molecule has 0 aliphatic heterocycles. The summed E-state index contributed by atoms with van der Waals surface area (Å²) in [4.78, 5) is 26.5. The second-order valence-corrected chi connectivity index (χ2v) is 21.7. The molecule has 2 spiro atoms. The molecule has 0 fully saturated rings. The number of esters is 1. The lowest BCUT2D eigenvalue weighted by atomic mass is 9.76. The first-order chi connectivity index (χ1) is 38.7. The Morgan fingerprint density at radius 2 is 0.762 bits per heavy atom. The number of ether oxygens (including phenoxy) is 1. The van der Waals surface area contributed by atoms with Crippen LogP contribution in [-0.4, -0.2) is 51.1 Å². The smallest absolute Gasteiger partial charge is 0.343 e. The van der Waals surface area contributed by atoms with Crippen LogP contribution in [0.3, 0.4) is 0 Å². The van der Waals surface area contributed by atoms with Crippen LogP contribution in [0.25, 0.3) is 24.3 Å². The topological polar surface area (TPSA) is 107 Å². The molecule has 0 bridgehead atoms. The van der Waals surface area contributed by atoms with E-state index in [0.717, 1.165) is 95.9 Å². The Hall–Kier alpha value is -7.97. The van der Waals surface area contributed by atoms with Crippen molar-refractivity contribution in [3.05, 3.63) is 259 Å². The molecule has 0 unspecified atom stereocenters. The normalized spacial score (nSPS) is 15.8. The van der Waals surface area contributed by atoms with Crippen LogP contribution < -0.4 is 4.74 Å². The number of rotatable bonds is 10. The number of benzene rings is 8. The van der Waals surface area contributed by atoms with Crippen molar-refractivity contribution < 1.29 is 29.6 Å². The summed E-state index contributed by atoms with van der Waals surface area (Å²) in [6.07, 6.45) is 15.8. The van der Waals surface area contributed by atoms with E-state index in [1.54, 1.807) is 30.3 Å². The fourth-order valence-electron chi connectivity index (χ4n) is 12.4. The van der Waals surface area contributed by atoms with Crippen molar-refractivity contribution in [3.63, 3.8) is 0 Å². The third-order valence-electron chi connectivity index (χ3n) is 16.6. The Morgan fingerprint density at radius 3 is 1.10 bits per heavy atom. The van der Waals surface area contributed by atoms with Gasteiger partial charge in [0.05, 0.1) is 5.56 Å². The number of carbonyl (C=O) groups excluding carboxylic acids is 2. The van der Waals surface area contributed by atoms with Gasteiger partial charge in [0.1, 0.15) is 23.0 Å². The Kier molecular flexibility index (Phi) is 18.0. The summed E-state index contributed by atoms with van der Waals surface area (Å²) in [5, 5.41) is 30.9. The van der Waals surface area contributed by atoms with Crippen LogP contribution in [0.15, 0.2) is 170 Å². The number of phenols is 3. The van der Waals surface area contributed by atoms with Crippen molar-refractivity contribution in [2.24, 2.45) is 0 Å². The molecule has 0 heterocycles. The van der Waals surface area contributed by atoms with Crippen molar-refractivity contribution in [1.29, 1.82) is 0 Å². The Bertz CT molecular complexity index is 3450. The van der Waals surface area contributed by atoms with Gasteiger partial charge in [-0.3, -0.25) is 4.79 Å². The van der Waals surface area contributed by atoms with E-state index in [0.29, 0.717) is 34.1 Å². The average Bonchev–Trinajstić information content (AvgIpc) is 4.46. The first-order valence-electron chi connectivity index (χ1n) is 28.2. The highest BCUT2D eigenvalue weighted by atomic mass is 35.5. The maximum absolute atomic E-state index is 13.2. The molecule has 1 atom stereocenters. The SMILES string of the molecule is CCN(CC)CC.Cc1ccc(/C=C/c2ccc(C(=O)Cl)cc2)cc1.Cc1ccc(/C=C/c2ccc(C(=O)Oc3cccc4c3[C@@]3(CCc5cccc(O)c53)CC4)cc2)cc1.Oc1cccc2c1C1(CC2)CCc2cccc(O)c21. The van der Waals surface area contributed by atoms with Crippen LogP contribution >= 0.6 is 11.6 Å². The van der Waals surface area contributed by atoms with Gasteiger partial charge < -0.3 is 25.0 Å². The molecule has 3 N–H and O–H groups in total. The molecule has 80 heavy (non-hydrogen) atoms. The van der Waals surface area contributed by atoms with Crippen LogP contribution in [0.2, 0.25) is 0 Å². The average molecular weight is 1080 g/mol. The van der Waals surface area contributed by atoms with Gasteiger partial charge in [-0.15, -0.1) is 0 Å². The van der Waals surface area contributed by atoms with Crippen molar-refractivity contribution >= 4 is 47.1 Å². The highest BCUT2D eigenvalue weighted by molar-refractivity contribution is 6.67. The second-order valence-electron chi connectivity index (χ2n) is 21.4. The van der Waals surface area contributed by atoms with E-state index in [2.05, 4.69) is 118 Å². The highest BCUT2D eigenvalue weighted by Crippen LogP contribution is 2.58. The standard InChI is InChI=1S/C33H28O3.C17H16O2.C16H13ClO.C6H15N/c1-22-8-10-23(11-9-22)12-13-24-14-16-27(17-15-24)32(35)36-29-7-3-5-26-19-21-33(31(26)29)20-18-25-4-2-6-28(34)30(25)33;18-13-5-1-3-11-7-9-17(15(11)13)10-8-12-4-2-6-14(19)16(12)17;1-12-2-4-13(5-3-12)6-7-14-8-10-15(11-9-14)16(17)18;1-4-7(5-2)6-3/h2-17,34H,18-21H2,1H3;1-6,18-19H,7-10H2;2-11H,1H3;4-6H2,1-3H3/b13-12+;;7-6+;/t33-;;;/m0.../s1. The summed E-state index contributed by atoms with van der Waals surface area (Å²) >= 11 is 5.39. The van der Waals surface area contributed by atoms with E-state index in [9.17, 15) is 24.9 Å². The van der Waals surface area contributed by atoms with Gasteiger partial charge >= 0.3 is 5.97 Å². The zero-order chi connectivity index (χ0) is 56.4. The van der Waals surface area contributed by atoms with Crippen LogP contribution in [-0.2, 0) is 36.5 Å². The molecular formula is C72H72ClNO6. The number of hydrogen-bond donors (Lipinski definition) is 3. The van der Waals surface area contributed by atoms with Gasteiger partial charge in [0.2, 0.25) is 0 Å². The fourth-order valence-corrected chi connectivity index (χ4v) is 12.5. The lowest BCUT2D eigenvalue weighted by Crippen LogP contribution is -2.23. The molecule has 4 aliphatic carbocycles. The third-order valence-corrected chi connectivity index (χ3v) is 16.8. The zero-order valence-corrected chi connectivity index (χ0v) is 47.4. The van der Waals surface area contributed by atoms with Gasteiger partial charge in [0, 0.05) is 38.6 Å². The van der Waals surface area contributed by atoms with Gasteiger partial charge in [-0.1, -0.05) is 178 Å². The molecule has 7 nitrogen and oxygen atoms in total. The van der Waals surface area contributed by atoms with Gasteiger partial charge in [-0.05, 0) is 189 Å². The third kappa shape index (κ3) is 12.4. The summed E-state index contributed by atoms with van der Waals surface area (Å²) < 4.78 is 6.03. The van der Waals surface area contributed by atoms with E-state index in [1.165, 1.54) is 53.0 Å². The molecule has 4 aliphatic rings. The number of phenolic OH excluding ortho intramolecular Hbond substituents is 3. The Morgan fingerprint density at radius 1 is 0.450 bits per heavy atom. The minimum atomic E-state index is -0.427. The van der Waals surface area contributed by atoms with E-state index < -0.39 is 5.24 Å². The first kappa shape index (κ1) is 56.7. The summed E-state index contributed by atoms with van der Waals surface area (Å²) in [7, 11) is 0. The minimum absolute atomic E-state index is 0.165. The molecule has 0 saturated heterocycles. The number of aromatic hydroxyl groups is 3. The molecule has 8 aromatic rings. The maximum Gasteiger partial charge on any atom is 0.343 e. The molecule has 0 saturated carbocycles. The first-order valence-corrected chi connectivity index (χ1v) is 28.5. The second kappa shape index (κ2) is 25.4. The van der Waals surface area contributed by atoms with E-state index in [1.807, 2.05) is 85.0 Å². The van der Waals surface area contributed by atoms with Crippen LogP contribution in [0.5, 0.6) is 23.0 Å². The summed E-state index contributed by atoms with van der Waals surface area (Å²) in [6, 6.07) is 54.7. The Labute approximate surface area is 477 Å². The molecule has 408 valence electrons. The molecular weight excluding hydrogens is 1010 g/mol. The number of aryl methyl sites for hydroxylation is 6. The van der Waals surface area contributed by atoms with Crippen LogP contribution in [0, 0.1) is 13.8 Å². The van der Waals surface area contributed by atoms with E-state index in [-0.39, 0.29) is 16.8 Å². The highest BCUT2D eigenvalue weighted by Gasteiger charge is 2.49. The predicted octanol–water partition coefficient (Wildman–Crippen LogP) is 16.4. The number of fused-ring (bicyclic) bond motifs is 8. The molecule has 0 aromatic heterocycles. The van der Waals surface area contributed by atoms with Gasteiger partial charge in [0.15, 0.2) is 0 Å². The minimum Gasteiger partial charge on any atom is -0.508 e. The van der Waals surface area contributed by atoms with Crippen molar-refractivity contribution in [2.45, 2.75) is 96.8 Å². The monoisotopic (exact) mass is 1080 g/mol.